The van der Waals surface area contributed by atoms with Crippen LogP contribution in [0.3, 0.4) is 0 Å². The Bertz CT molecular complexity index is 733. The molecular formula is C23H31ClN2O4. The Morgan fingerprint density at radius 2 is 2.00 bits per heavy atom. The van der Waals surface area contributed by atoms with Crippen molar-refractivity contribution in [3.63, 3.8) is 0 Å². The molecule has 7 heteroatoms. The zero-order valence-corrected chi connectivity index (χ0v) is 18.2. The lowest BCUT2D eigenvalue weighted by atomic mass is 10.00. The van der Waals surface area contributed by atoms with Crippen LogP contribution in [0.1, 0.15) is 57.4 Å². The van der Waals surface area contributed by atoms with Crippen LogP contribution >= 0.6 is 11.6 Å². The van der Waals surface area contributed by atoms with E-state index in [1.807, 2.05) is 24.3 Å². The van der Waals surface area contributed by atoms with E-state index in [9.17, 15) is 14.4 Å². The highest BCUT2D eigenvalue weighted by molar-refractivity contribution is 6.30. The molecule has 30 heavy (non-hydrogen) atoms. The van der Waals surface area contributed by atoms with Crippen LogP contribution in [-0.2, 0) is 25.7 Å². The van der Waals surface area contributed by atoms with Gasteiger partial charge in [-0.3, -0.25) is 14.4 Å². The molecule has 2 rings (SSSR count). The average Bonchev–Trinajstić information content (AvgIpc) is 2.73. The molecule has 1 aromatic rings. The topological polar surface area (TPSA) is 84.5 Å². The maximum atomic E-state index is 12.6. The quantitative estimate of drug-likeness (QED) is 0.503. The van der Waals surface area contributed by atoms with Gasteiger partial charge in [0.25, 0.3) is 0 Å². The fourth-order valence-corrected chi connectivity index (χ4v) is 3.33. The van der Waals surface area contributed by atoms with Gasteiger partial charge in [0, 0.05) is 24.4 Å². The highest BCUT2D eigenvalue weighted by Crippen LogP contribution is 2.15. The Morgan fingerprint density at radius 1 is 1.23 bits per heavy atom. The molecule has 0 unspecified atom stereocenters. The van der Waals surface area contributed by atoms with E-state index in [1.165, 1.54) is 0 Å². The first-order valence-electron chi connectivity index (χ1n) is 10.6. The highest BCUT2D eigenvalue weighted by Gasteiger charge is 2.24. The summed E-state index contributed by atoms with van der Waals surface area (Å²) >= 11 is 5.87. The standard InChI is InChI=1S/C23H31ClN2O4/c1-2-3-8-20-16-30-23(29)18(7-5-4-6-9-21(27)26-20)14-22(28)25-15-17-10-12-19(24)13-11-17/h4-5,10-13,18,20H,2-3,6-9,14-16H2,1H3,(H,25,28)(H,26,27)/b5-4+/t18-,20+/m0/s1. The monoisotopic (exact) mass is 434 g/mol. The first-order chi connectivity index (χ1) is 14.5. The number of ether oxygens (including phenoxy) is 1. The number of hydrogen-bond acceptors (Lipinski definition) is 4. The number of hydrogen-bond donors (Lipinski definition) is 2. The summed E-state index contributed by atoms with van der Waals surface area (Å²) in [6.45, 7) is 2.59. The van der Waals surface area contributed by atoms with Crippen LogP contribution in [0.2, 0.25) is 5.02 Å². The molecule has 2 N–H and O–H groups in total. The number of esters is 1. The van der Waals surface area contributed by atoms with Gasteiger partial charge < -0.3 is 15.4 Å². The van der Waals surface area contributed by atoms with Crippen LogP contribution < -0.4 is 10.6 Å². The zero-order valence-electron chi connectivity index (χ0n) is 17.5. The molecule has 2 atom stereocenters. The van der Waals surface area contributed by atoms with Crippen molar-refractivity contribution >= 4 is 29.4 Å². The number of rotatable bonds is 7. The molecule has 0 radical (unpaired) electrons. The highest BCUT2D eigenvalue weighted by atomic mass is 35.5. The molecule has 0 spiro atoms. The predicted molar refractivity (Wildman–Crippen MR) is 117 cm³/mol. The van der Waals surface area contributed by atoms with Crippen molar-refractivity contribution in [3.8, 4) is 0 Å². The maximum absolute atomic E-state index is 12.6. The summed E-state index contributed by atoms with van der Waals surface area (Å²) in [5.41, 5.74) is 0.934. The van der Waals surface area contributed by atoms with Crippen molar-refractivity contribution in [3.05, 3.63) is 47.0 Å². The molecule has 0 saturated carbocycles. The first kappa shape index (κ1) is 23.9. The van der Waals surface area contributed by atoms with Crippen LogP contribution in [0.4, 0.5) is 0 Å². The van der Waals surface area contributed by atoms with Crippen molar-refractivity contribution in [2.45, 2.75) is 64.5 Å². The number of unbranched alkanes of at least 4 members (excludes halogenated alkanes) is 1. The lowest BCUT2D eigenvalue weighted by Crippen LogP contribution is -2.39. The third kappa shape index (κ3) is 8.99. The van der Waals surface area contributed by atoms with E-state index in [0.29, 0.717) is 30.8 Å². The molecule has 2 amide bonds. The normalized spacial score (nSPS) is 21.5. The number of allylic oxidation sites excluding steroid dienone is 2. The third-order valence-electron chi connectivity index (χ3n) is 4.99. The van der Waals surface area contributed by atoms with Gasteiger partial charge in [-0.1, -0.05) is 55.7 Å². The number of carbonyl (C=O) groups is 3. The molecular weight excluding hydrogens is 404 g/mol. The van der Waals surface area contributed by atoms with Gasteiger partial charge in [-0.15, -0.1) is 0 Å². The second kappa shape index (κ2) is 13.1. The molecule has 0 bridgehead atoms. The number of nitrogens with one attached hydrogen (secondary N) is 2. The van der Waals surface area contributed by atoms with Crippen molar-refractivity contribution < 1.29 is 19.1 Å². The Kier molecular flexibility index (Phi) is 10.4. The van der Waals surface area contributed by atoms with Gasteiger partial charge >= 0.3 is 5.97 Å². The van der Waals surface area contributed by atoms with Gasteiger partial charge in [-0.25, -0.2) is 0 Å². The van der Waals surface area contributed by atoms with E-state index in [2.05, 4.69) is 17.6 Å². The van der Waals surface area contributed by atoms with Gasteiger partial charge in [-0.2, -0.15) is 0 Å². The van der Waals surface area contributed by atoms with E-state index < -0.39 is 11.9 Å². The smallest absolute Gasteiger partial charge is 0.309 e. The van der Waals surface area contributed by atoms with Gasteiger partial charge in [0.1, 0.15) is 6.61 Å². The summed E-state index contributed by atoms with van der Waals surface area (Å²) in [5.74, 6) is -1.19. The Balaban J connectivity index is 1.94. The van der Waals surface area contributed by atoms with E-state index in [4.69, 9.17) is 16.3 Å². The molecule has 0 fully saturated rings. The minimum absolute atomic E-state index is 0.0319. The van der Waals surface area contributed by atoms with E-state index in [1.54, 1.807) is 12.1 Å². The number of benzene rings is 1. The molecule has 1 aromatic carbocycles. The summed E-state index contributed by atoms with van der Waals surface area (Å²) in [6.07, 6.45) is 7.92. The fraction of sp³-hybridized carbons (Fsp3) is 0.522. The molecule has 1 aliphatic heterocycles. The van der Waals surface area contributed by atoms with Crippen LogP contribution in [0.15, 0.2) is 36.4 Å². The Labute approximate surface area is 183 Å². The summed E-state index contributed by atoms with van der Waals surface area (Å²) in [6, 6.07) is 7.04. The average molecular weight is 435 g/mol. The van der Waals surface area contributed by atoms with E-state index in [-0.39, 0.29) is 30.9 Å². The molecule has 1 heterocycles. The summed E-state index contributed by atoms with van der Waals surface area (Å²) in [7, 11) is 0. The lowest BCUT2D eigenvalue weighted by molar-refractivity contribution is -0.151. The van der Waals surface area contributed by atoms with Crippen LogP contribution in [0.25, 0.3) is 0 Å². The van der Waals surface area contributed by atoms with Crippen LogP contribution in [0, 0.1) is 5.92 Å². The van der Waals surface area contributed by atoms with E-state index in [0.717, 1.165) is 24.8 Å². The predicted octanol–water partition coefficient (Wildman–Crippen LogP) is 3.92. The minimum Gasteiger partial charge on any atom is -0.463 e. The van der Waals surface area contributed by atoms with Crippen LogP contribution in [-0.4, -0.2) is 30.4 Å². The van der Waals surface area contributed by atoms with Crippen molar-refractivity contribution in [1.82, 2.24) is 10.6 Å². The molecule has 0 saturated heterocycles. The molecule has 0 aliphatic carbocycles. The number of carbonyl (C=O) groups excluding carboxylic acids is 3. The summed E-state index contributed by atoms with van der Waals surface area (Å²) in [5, 5.41) is 6.43. The Hall–Kier alpha value is -2.34. The first-order valence-corrected chi connectivity index (χ1v) is 11.0. The number of cyclic esters (lactones) is 1. The lowest BCUT2D eigenvalue weighted by Gasteiger charge is -2.21. The number of halogens is 1. The summed E-state index contributed by atoms with van der Waals surface area (Å²) in [4.78, 5) is 37.0. The molecule has 0 aromatic heterocycles. The fourth-order valence-electron chi connectivity index (χ4n) is 3.20. The second-order valence-corrected chi connectivity index (χ2v) is 8.02. The minimum atomic E-state index is -0.548. The van der Waals surface area contributed by atoms with E-state index >= 15 is 0 Å². The molecule has 164 valence electrons. The van der Waals surface area contributed by atoms with Gasteiger partial charge in [0.2, 0.25) is 11.8 Å². The second-order valence-electron chi connectivity index (χ2n) is 7.59. The number of amides is 2. The third-order valence-corrected chi connectivity index (χ3v) is 5.24. The SMILES string of the molecule is CCCC[C@@H]1COC(=O)[C@H](CC(=O)NCc2ccc(Cl)cc2)C/C=C/CCC(=O)N1. The summed E-state index contributed by atoms with van der Waals surface area (Å²) < 4.78 is 5.48. The Morgan fingerprint density at radius 3 is 2.73 bits per heavy atom. The molecule has 6 nitrogen and oxygen atoms in total. The largest absolute Gasteiger partial charge is 0.463 e. The van der Waals surface area contributed by atoms with Crippen LogP contribution in [0.5, 0.6) is 0 Å². The van der Waals surface area contributed by atoms with Gasteiger partial charge in [0.05, 0.1) is 12.0 Å². The van der Waals surface area contributed by atoms with Gasteiger partial charge in [0.15, 0.2) is 0 Å². The maximum Gasteiger partial charge on any atom is 0.309 e. The van der Waals surface area contributed by atoms with Crippen molar-refractivity contribution in [1.29, 1.82) is 0 Å². The van der Waals surface area contributed by atoms with Gasteiger partial charge in [-0.05, 0) is 37.0 Å². The van der Waals surface area contributed by atoms with Crippen molar-refractivity contribution in [2.75, 3.05) is 6.61 Å². The molecule has 1 aliphatic rings. The zero-order chi connectivity index (χ0) is 21.8. The van der Waals surface area contributed by atoms with Crippen molar-refractivity contribution in [2.24, 2.45) is 5.92 Å².